The number of aromatic nitrogens is 8. The number of aryl methyl sites for hydroxylation is 1. The fraction of sp³-hybridized carbons (Fsp3) is 0.486. The molecular formula is C109H155N18O12S7+. The Labute approximate surface area is 890 Å². The minimum absolute atomic E-state index is 0.0399. The summed E-state index contributed by atoms with van der Waals surface area (Å²) in [6.45, 7) is 62.7. The number of nitrogens with one attached hydrogen (secondary N) is 3. The number of carbonyl (C=O) groups is 4. The van der Waals surface area contributed by atoms with Gasteiger partial charge in [0.2, 0.25) is 11.6 Å². The smallest absolute Gasteiger partial charge is 0.339 e. The molecule has 15 rings (SSSR count). The Balaban J connectivity index is 0.000000210. The van der Waals surface area contributed by atoms with Crippen molar-refractivity contribution in [1.82, 2.24) is 60.0 Å². The van der Waals surface area contributed by atoms with Crippen molar-refractivity contribution in [2.75, 3.05) is 70.1 Å². The van der Waals surface area contributed by atoms with Crippen LogP contribution < -0.4 is 67.5 Å². The van der Waals surface area contributed by atoms with Gasteiger partial charge in [-0.05, 0) is 175 Å². The zero-order valence-electron chi connectivity index (χ0n) is 90.7. The highest BCUT2D eigenvalue weighted by molar-refractivity contribution is 8.02. The number of nitrogens with zero attached hydrogens (tertiary/aromatic N) is 12. The Morgan fingerprint density at radius 1 is 0.610 bits per heavy atom. The number of ether oxygens (including phenoxy) is 4. The first-order valence-electron chi connectivity index (χ1n) is 48.5. The third-order valence-electron chi connectivity index (χ3n) is 20.9. The molecule has 0 spiro atoms. The van der Waals surface area contributed by atoms with E-state index in [-0.39, 0.29) is 82.1 Å². The topological polar surface area (TPSA) is 394 Å². The highest BCUT2D eigenvalue weighted by Crippen LogP contribution is 2.41. The van der Waals surface area contributed by atoms with Crippen molar-refractivity contribution in [1.29, 1.82) is 0 Å². The van der Waals surface area contributed by atoms with Gasteiger partial charge in [-0.3, -0.25) is 34.7 Å². The third-order valence-corrected chi connectivity index (χ3v) is 29.9. The lowest BCUT2D eigenvalue weighted by molar-refractivity contribution is -0.890. The van der Waals surface area contributed by atoms with Crippen molar-refractivity contribution < 1.29 is 56.7 Å². The molecule has 794 valence electrons. The van der Waals surface area contributed by atoms with Crippen LogP contribution in [0.4, 0.5) is 16.3 Å². The number of fused-ring (bicyclic) bond motifs is 5. The average molecular weight is 2130 g/mol. The first-order chi connectivity index (χ1) is 67.6. The molecular weight excluding hydrogens is 1980 g/mol. The van der Waals surface area contributed by atoms with E-state index in [0.717, 1.165) is 125 Å². The van der Waals surface area contributed by atoms with Crippen molar-refractivity contribution in [3.8, 4) is 17.2 Å². The standard InChI is InChI=1S/C26H34N4O3S2.C17H22N2O2S.C12H17N3OS.C12H20N2OS2.C11H16N2O.C11H16N2S.C11H15NO3.C9H14N2O/c1-26(2,3)35-18-9-8-16-12-17-14-29(11-10-20(17)30(33)21(16)13-18)23(31)7-5-4-6-22-24-19(15-34-22)27-25(32)28-24;1-17(2,3)22-12-4-5-13-14(19-7-6-11(18)10-19)9-16(20)21-15(13)8-12;1-12(2,3)17-8-5-9-10(13-6-8)15(4)7-14-11(9)16;1-12(2,3)16-10-7-11(9-13-8-10)17(6,15)14(4)5;2*1-8(12)9-5-10(7-13-6-9)14-11(2,3)4;1-11(2,3)15-9-5-8(6-12-7-9)10(13)14-4;1-7-10-5-8(6-11-7)12-9(2,3)4/h8-9,12-13,19,22,24H,4-7,10-11,14-15H2,1-3H3,(H2-,27,28,32,33);4-5,8-9,11H,6-7,10,18H2,1-3H3;5-6H,7H2,1-4H3,(H,14,16);7-9H,6H2,1-5H3;2*5-7H,1,12H2,2-4H3;5-7H,1-4H3;5-6H,1-4H3/p+1/t19?,22-,24?;11-;;;;;;/m01....../s1. The van der Waals surface area contributed by atoms with E-state index >= 15 is 0 Å². The molecule has 10 aromatic rings. The highest BCUT2D eigenvalue weighted by Gasteiger charge is 2.43. The van der Waals surface area contributed by atoms with Crippen LogP contribution in [0, 0.1) is 6.92 Å². The lowest BCUT2D eigenvalue weighted by Gasteiger charge is -2.27. The molecule has 5 aliphatic rings. The molecule has 13 heterocycles. The van der Waals surface area contributed by atoms with Gasteiger partial charge in [-0.15, -0.1) is 58.8 Å². The molecule has 5 aliphatic heterocycles. The van der Waals surface area contributed by atoms with Crippen molar-refractivity contribution >= 4 is 155 Å². The SMILES string of the molecule is C=C(N)c1cncc(OC(C)(C)C)c1.C=C(N)c1cncc(SC(C)(C)C)c1.C=S(=O)(c1cncc(SC(C)(C)C)c1)N(C)C.CC(C)(C)Sc1ccc2c(N3CC[C@@H](N)C3)cc(=O)oc2c1.CC(C)(C)Sc1ccc2cc3c([n+](O)c2c1)CCN(C(=O)CCCC[C@@H]1SCC2NC(=O)NC21)C3.CN1CNC(=O)c2cc(SC(C)(C)C)cnc21.COC(=O)c1cncc(OC(C)(C)C)c1.Cc1ncc(OC(C)(C)C)cn1. The number of anilines is 2. The van der Waals surface area contributed by atoms with Gasteiger partial charge in [-0.25, -0.2) is 37.8 Å². The minimum atomic E-state index is -2.40. The Morgan fingerprint density at radius 3 is 1.66 bits per heavy atom. The van der Waals surface area contributed by atoms with Gasteiger partial charge in [0.25, 0.3) is 11.4 Å². The molecule has 30 nitrogen and oxygen atoms in total. The summed E-state index contributed by atoms with van der Waals surface area (Å²) < 4.78 is 42.7. The van der Waals surface area contributed by atoms with E-state index in [2.05, 4.69) is 214 Å². The molecule has 0 saturated carbocycles. The molecule has 0 bridgehead atoms. The highest BCUT2D eigenvalue weighted by atomic mass is 32.2. The van der Waals surface area contributed by atoms with Gasteiger partial charge in [0.15, 0.2) is 5.75 Å². The number of urea groups is 1. The summed E-state index contributed by atoms with van der Waals surface area (Å²) in [5.74, 6) is 7.98. The fourth-order valence-corrected chi connectivity index (χ4v) is 22.5. The summed E-state index contributed by atoms with van der Waals surface area (Å²) in [4.78, 5) is 100. The van der Waals surface area contributed by atoms with Gasteiger partial charge in [-0.2, -0.15) is 11.8 Å². The fourth-order valence-electron chi connectivity index (χ4n) is 14.9. The van der Waals surface area contributed by atoms with Crippen LogP contribution in [0.25, 0.3) is 33.3 Å². The maximum Gasteiger partial charge on any atom is 0.339 e. The Morgan fingerprint density at radius 2 is 1.12 bits per heavy atom. The number of esters is 1. The molecule has 3 saturated heterocycles. The summed E-state index contributed by atoms with van der Waals surface area (Å²) in [5, 5.41) is 22.2. The minimum Gasteiger partial charge on any atom is -0.487 e. The summed E-state index contributed by atoms with van der Waals surface area (Å²) in [5.41, 5.74) is 24.3. The van der Waals surface area contributed by atoms with E-state index in [1.807, 2.05) is 147 Å². The van der Waals surface area contributed by atoms with Gasteiger partial charge in [0.1, 0.15) is 45.5 Å². The second-order valence-corrected chi connectivity index (χ2v) is 57.1. The molecule has 0 aliphatic carbocycles. The maximum atomic E-state index is 12.9. The predicted molar refractivity (Wildman–Crippen MR) is 605 cm³/mol. The summed E-state index contributed by atoms with van der Waals surface area (Å²) in [7, 11) is 4.38. The summed E-state index contributed by atoms with van der Waals surface area (Å²) in [6.07, 6.45) is 23.6. The van der Waals surface area contributed by atoms with Crippen molar-refractivity contribution in [2.45, 2.75) is 311 Å². The summed E-state index contributed by atoms with van der Waals surface area (Å²) in [6, 6.07) is 25.9. The molecule has 4 amide bonds. The number of nitrogens with two attached hydrogens (primary N) is 3. The van der Waals surface area contributed by atoms with Gasteiger partial charge in [0, 0.05) is 192 Å². The number of pyridine rings is 6. The number of rotatable bonds is 19. The van der Waals surface area contributed by atoms with Crippen LogP contribution in [0.1, 0.15) is 247 Å². The lowest BCUT2D eigenvalue weighted by Crippen LogP contribution is -2.45. The Hall–Kier alpha value is -10.5. The zero-order valence-corrected chi connectivity index (χ0v) is 96.4. The van der Waals surface area contributed by atoms with Gasteiger partial charge in [0.05, 0.1) is 100 Å². The monoisotopic (exact) mass is 2130 g/mol. The van der Waals surface area contributed by atoms with Crippen LogP contribution in [0.15, 0.2) is 199 Å². The lowest BCUT2D eigenvalue weighted by atomic mass is 10.0. The van der Waals surface area contributed by atoms with Crippen molar-refractivity contribution in [2.24, 2.45) is 17.2 Å². The average Bonchev–Trinajstić information content (AvgIpc) is 1.65. The number of amides is 4. The molecule has 0 radical (unpaired) electrons. The largest absolute Gasteiger partial charge is 0.487 e. The molecule has 146 heavy (non-hydrogen) atoms. The molecule has 3 unspecified atom stereocenters. The van der Waals surface area contributed by atoms with E-state index in [0.29, 0.717) is 88.1 Å². The van der Waals surface area contributed by atoms with Crippen LogP contribution in [0.5, 0.6) is 17.2 Å². The quantitative estimate of drug-likeness (QED) is 0.00578. The zero-order chi connectivity index (χ0) is 109. The van der Waals surface area contributed by atoms with E-state index in [9.17, 15) is 33.4 Å². The first kappa shape index (κ1) is 121. The predicted octanol–water partition coefficient (Wildman–Crippen LogP) is 20.8. The normalized spacial score (nSPS) is 16.4. The molecule has 3 fully saturated rings. The van der Waals surface area contributed by atoms with E-state index in [1.165, 1.54) is 18.0 Å². The molecule has 2 aromatic carbocycles. The second-order valence-electron chi connectivity index (χ2n) is 43.8. The number of hydrogen-bond donors (Lipinski definition) is 7. The van der Waals surface area contributed by atoms with Crippen LogP contribution in [-0.4, -0.2) is 207 Å². The Bertz CT molecular complexity index is 6250. The van der Waals surface area contributed by atoms with Crippen molar-refractivity contribution in [3.05, 3.63) is 210 Å². The van der Waals surface area contributed by atoms with Crippen LogP contribution >= 0.6 is 70.6 Å². The van der Waals surface area contributed by atoms with Crippen LogP contribution in [0.3, 0.4) is 0 Å². The van der Waals surface area contributed by atoms with Crippen LogP contribution in [-0.2, 0) is 32.2 Å². The number of unbranched alkanes of at least 4 members (excludes halogenated alkanes) is 1. The van der Waals surface area contributed by atoms with Gasteiger partial charge < -0.3 is 71.2 Å². The Kier molecular flexibility index (Phi) is 43.1. The van der Waals surface area contributed by atoms with Gasteiger partial charge in [-0.1, -0.05) is 123 Å². The second kappa shape index (κ2) is 52.1. The first-order valence-corrected chi connectivity index (χ1v) is 55.3. The van der Waals surface area contributed by atoms with Crippen LogP contribution in [0.2, 0.25) is 0 Å². The number of benzene rings is 2. The number of methoxy groups -OCH3 is 1. The number of carbonyl (C=O) groups excluding carboxylic acids is 4. The molecule has 5 atom stereocenters. The molecule has 37 heteroatoms. The summed E-state index contributed by atoms with van der Waals surface area (Å²) >= 11 is 10.7. The van der Waals surface area contributed by atoms with Crippen molar-refractivity contribution in [3.63, 3.8) is 0 Å². The maximum absolute atomic E-state index is 12.9. The third kappa shape index (κ3) is 40.9. The van der Waals surface area contributed by atoms with E-state index < -0.39 is 15.7 Å². The van der Waals surface area contributed by atoms with E-state index in [1.54, 1.807) is 139 Å². The number of thioether (sulfide) groups is 6. The van der Waals surface area contributed by atoms with E-state index in [4.69, 9.17) is 35.8 Å². The van der Waals surface area contributed by atoms with Gasteiger partial charge >= 0.3 is 17.6 Å². The molecule has 10 N–H and O–H groups in total. The number of hydrogen-bond acceptors (Lipinski definition) is 30. The molecule has 8 aromatic heterocycles.